The predicted molar refractivity (Wildman–Crippen MR) is 122 cm³/mol. The molecule has 1 aliphatic heterocycles. The number of aryl methyl sites for hydroxylation is 1. The number of esters is 2. The highest BCUT2D eigenvalue weighted by molar-refractivity contribution is 6.42. The molecule has 0 aliphatic carbocycles. The van der Waals surface area contributed by atoms with Gasteiger partial charge in [0.25, 0.3) is 0 Å². The molecular weight excluding hydrogens is 437 g/mol. The second-order valence-corrected chi connectivity index (χ2v) is 7.77. The van der Waals surface area contributed by atoms with Crippen LogP contribution < -0.4 is 4.90 Å². The summed E-state index contributed by atoms with van der Waals surface area (Å²) in [6.07, 6.45) is 3.36. The van der Waals surface area contributed by atoms with E-state index in [1.807, 2.05) is 31.2 Å². The van der Waals surface area contributed by atoms with Gasteiger partial charge in [0.1, 0.15) is 0 Å². The van der Waals surface area contributed by atoms with E-state index in [1.165, 1.54) is 0 Å². The quantitative estimate of drug-likeness (QED) is 0.510. The van der Waals surface area contributed by atoms with Gasteiger partial charge in [0.05, 0.1) is 40.3 Å². The van der Waals surface area contributed by atoms with Crippen LogP contribution in [0, 0.1) is 6.92 Å². The molecule has 1 aliphatic rings. The fourth-order valence-corrected chi connectivity index (χ4v) is 3.65. The maximum absolute atomic E-state index is 12.9. The molecule has 0 saturated heterocycles. The van der Waals surface area contributed by atoms with Gasteiger partial charge >= 0.3 is 11.9 Å². The molecule has 0 spiro atoms. The second kappa shape index (κ2) is 10.0. The molecule has 1 heterocycles. The molecule has 162 valence electrons. The maximum Gasteiger partial charge on any atom is 0.336 e. The van der Waals surface area contributed by atoms with Crippen LogP contribution in [0.15, 0.2) is 66.0 Å². The summed E-state index contributed by atoms with van der Waals surface area (Å²) in [5.41, 5.74) is 3.12. The van der Waals surface area contributed by atoms with E-state index in [1.54, 1.807) is 49.3 Å². The van der Waals surface area contributed by atoms with Crippen LogP contribution >= 0.6 is 23.2 Å². The lowest BCUT2D eigenvalue weighted by atomic mass is 9.83. The topological polar surface area (TPSA) is 55.8 Å². The third kappa shape index (κ3) is 5.12. The van der Waals surface area contributed by atoms with E-state index >= 15 is 0 Å². The van der Waals surface area contributed by atoms with Crippen molar-refractivity contribution in [2.75, 3.05) is 18.1 Å². The van der Waals surface area contributed by atoms with Gasteiger partial charge in [0.15, 0.2) is 0 Å². The average Bonchev–Trinajstić information content (AvgIpc) is 2.75. The molecule has 0 aromatic heterocycles. The van der Waals surface area contributed by atoms with Crippen LogP contribution in [-0.2, 0) is 19.1 Å². The number of carbonyl (C=O) groups excluding carboxylic acids is 2. The van der Waals surface area contributed by atoms with E-state index < -0.39 is 17.9 Å². The fourth-order valence-electron chi connectivity index (χ4n) is 3.34. The van der Waals surface area contributed by atoms with E-state index in [2.05, 4.69) is 0 Å². The lowest BCUT2D eigenvalue weighted by Gasteiger charge is -2.30. The zero-order chi connectivity index (χ0) is 22.5. The number of carbonyl (C=O) groups is 2. The number of ether oxygens (including phenoxy) is 2. The van der Waals surface area contributed by atoms with Crippen molar-refractivity contribution < 1.29 is 19.1 Å². The first-order valence-corrected chi connectivity index (χ1v) is 10.7. The van der Waals surface area contributed by atoms with Crippen molar-refractivity contribution in [1.29, 1.82) is 0 Å². The van der Waals surface area contributed by atoms with E-state index in [0.29, 0.717) is 26.8 Å². The molecule has 3 rings (SSSR count). The molecule has 0 unspecified atom stereocenters. The lowest BCUT2D eigenvalue weighted by Crippen LogP contribution is -2.29. The number of halogens is 2. The highest BCUT2D eigenvalue weighted by Crippen LogP contribution is 2.40. The summed E-state index contributed by atoms with van der Waals surface area (Å²) in [6, 6.07) is 12.8. The summed E-state index contributed by atoms with van der Waals surface area (Å²) < 4.78 is 10.6. The third-order valence-corrected chi connectivity index (χ3v) is 5.55. The molecule has 0 radical (unpaired) electrons. The minimum Gasteiger partial charge on any atom is -0.463 e. The Morgan fingerprint density at radius 3 is 1.90 bits per heavy atom. The van der Waals surface area contributed by atoms with Gasteiger partial charge in [-0.1, -0.05) is 47.0 Å². The van der Waals surface area contributed by atoms with Crippen LogP contribution in [0.4, 0.5) is 5.69 Å². The van der Waals surface area contributed by atoms with E-state index in [9.17, 15) is 9.59 Å². The smallest absolute Gasteiger partial charge is 0.336 e. The van der Waals surface area contributed by atoms with Gasteiger partial charge in [0, 0.05) is 18.1 Å². The molecule has 0 atom stereocenters. The Bertz CT molecular complexity index is 1010. The van der Waals surface area contributed by atoms with Gasteiger partial charge in [0.2, 0.25) is 0 Å². The Morgan fingerprint density at radius 2 is 1.42 bits per heavy atom. The Hall–Kier alpha value is -2.76. The van der Waals surface area contributed by atoms with E-state index in [4.69, 9.17) is 32.7 Å². The first kappa shape index (κ1) is 22.9. The summed E-state index contributed by atoms with van der Waals surface area (Å²) in [5, 5.41) is 0.706. The van der Waals surface area contributed by atoms with E-state index in [-0.39, 0.29) is 13.2 Å². The molecular formula is C24H23Cl2NO4. The summed E-state index contributed by atoms with van der Waals surface area (Å²) in [6.45, 7) is 5.85. The van der Waals surface area contributed by atoms with Crippen molar-refractivity contribution in [3.63, 3.8) is 0 Å². The van der Waals surface area contributed by atoms with Gasteiger partial charge in [-0.05, 0) is 50.6 Å². The van der Waals surface area contributed by atoms with Crippen LogP contribution in [0.2, 0.25) is 10.0 Å². The van der Waals surface area contributed by atoms with Crippen molar-refractivity contribution >= 4 is 40.8 Å². The Balaban J connectivity index is 2.18. The summed E-state index contributed by atoms with van der Waals surface area (Å²) in [5.74, 6) is -1.76. The van der Waals surface area contributed by atoms with Gasteiger partial charge in [-0.3, -0.25) is 0 Å². The molecule has 31 heavy (non-hydrogen) atoms. The summed E-state index contributed by atoms with van der Waals surface area (Å²) in [4.78, 5) is 27.6. The first-order chi connectivity index (χ1) is 14.8. The zero-order valence-electron chi connectivity index (χ0n) is 17.5. The molecule has 5 nitrogen and oxygen atoms in total. The SMILES string of the molecule is CCOC(=O)C1=CN(c2ccc(C)cc2)C=C(C(=O)OCC)C1c1ccc(Cl)c(Cl)c1. The van der Waals surface area contributed by atoms with Crippen molar-refractivity contribution in [3.8, 4) is 0 Å². The van der Waals surface area contributed by atoms with Crippen molar-refractivity contribution in [1.82, 2.24) is 0 Å². The molecule has 0 bridgehead atoms. The number of nitrogens with zero attached hydrogens (tertiary/aromatic N) is 1. The Kier molecular flexibility index (Phi) is 7.42. The number of hydrogen-bond donors (Lipinski definition) is 0. The van der Waals surface area contributed by atoms with Crippen molar-refractivity contribution in [2.24, 2.45) is 0 Å². The van der Waals surface area contributed by atoms with Gasteiger partial charge < -0.3 is 14.4 Å². The molecule has 0 saturated carbocycles. The van der Waals surface area contributed by atoms with Crippen molar-refractivity contribution in [2.45, 2.75) is 26.7 Å². The molecule has 2 aromatic carbocycles. The molecule has 0 N–H and O–H groups in total. The average molecular weight is 460 g/mol. The molecule has 2 aromatic rings. The minimum absolute atomic E-state index is 0.202. The molecule has 0 amide bonds. The third-order valence-electron chi connectivity index (χ3n) is 4.81. The normalized spacial score (nSPS) is 14.0. The monoisotopic (exact) mass is 459 g/mol. The number of rotatable bonds is 6. The number of anilines is 1. The zero-order valence-corrected chi connectivity index (χ0v) is 19.0. The minimum atomic E-state index is -0.713. The van der Waals surface area contributed by atoms with Crippen LogP contribution in [0.1, 0.15) is 30.9 Å². The highest BCUT2D eigenvalue weighted by atomic mass is 35.5. The number of hydrogen-bond acceptors (Lipinski definition) is 5. The van der Waals surface area contributed by atoms with Gasteiger partial charge in [-0.2, -0.15) is 0 Å². The summed E-state index contributed by atoms with van der Waals surface area (Å²) >= 11 is 12.3. The molecule has 7 heteroatoms. The largest absolute Gasteiger partial charge is 0.463 e. The standard InChI is InChI=1S/C24H23Cl2NO4/c1-4-30-23(28)18-13-27(17-9-6-15(3)7-10-17)14-19(24(29)31-5-2)22(18)16-8-11-20(25)21(26)12-16/h6-14,22H,4-5H2,1-3H3. The van der Waals surface area contributed by atoms with Crippen LogP contribution in [0.3, 0.4) is 0 Å². The van der Waals surface area contributed by atoms with Gasteiger partial charge in [-0.15, -0.1) is 0 Å². The predicted octanol–water partition coefficient (Wildman–Crippen LogP) is 5.80. The van der Waals surface area contributed by atoms with Gasteiger partial charge in [-0.25, -0.2) is 9.59 Å². The second-order valence-electron chi connectivity index (χ2n) is 6.96. The Morgan fingerprint density at radius 1 is 0.871 bits per heavy atom. The summed E-state index contributed by atoms with van der Waals surface area (Å²) in [7, 11) is 0. The highest BCUT2D eigenvalue weighted by Gasteiger charge is 2.36. The first-order valence-electron chi connectivity index (χ1n) is 9.93. The van der Waals surface area contributed by atoms with E-state index in [0.717, 1.165) is 11.3 Å². The maximum atomic E-state index is 12.9. The van der Waals surface area contributed by atoms with Crippen molar-refractivity contribution in [3.05, 3.63) is 87.2 Å². The number of benzene rings is 2. The van der Waals surface area contributed by atoms with Crippen LogP contribution in [0.5, 0.6) is 0 Å². The lowest BCUT2D eigenvalue weighted by molar-refractivity contribution is -0.139. The Labute approximate surface area is 191 Å². The van der Waals surface area contributed by atoms with Crippen LogP contribution in [0.25, 0.3) is 0 Å². The fraction of sp³-hybridized carbons (Fsp3) is 0.250. The molecule has 0 fully saturated rings. The van der Waals surface area contributed by atoms with Crippen LogP contribution in [-0.4, -0.2) is 25.2 Å².